The van der Waals surface area contributed by atoms with Gasteiger partial charge >= 0.3 is 11.6 Å². The lowest BCUT2D eigenvalue weighted by Crippen LogP contribution is -2.28. The summed E-state index contributed by atoms with van der Waals surface area (Å²) in [6.45, 7) is 2.63. The minimum Gasteiger partial charge on any atom is -0.461 e. The Hall–Kier alpha value is -3.46. The van der Waals surface area contributed by atoms with E-state index in [0.717, 1.165) is 4.88 Å². The van der Waals surface area contributed by atoms with Crippen LogP contribution in [0.15, 0.2) is 51.0 Å². The van der Waals surface area contributed by atoms with Crippen LogP contribution in [-0.4, -0.2) is 17.8 Å². The molecule has 1 aromatic carbocycles. The third-order valence-electron chi connectivity index (χ3n) is 4.17. The molecule has 0 saturated carbocycles. The average Bonchev–Trinajstić information content (AvgIpc) is 3.19. The average molecular weight is 428 g/mol. The Labute approximate surface area is 175 Å². The van der Waals surface area contributed by atoms with Crippen molar-refractivity contribution in [2.75, 3.05) is 5.32 Å². The lowest BCUT2D eigenvalue weighted by atomic mass is 10.1. The summed E-state index contributed by atoms with van der Waals surface area (Å²) in [7, 11) is 0. The van der Waals surface area contributed by atoms with Gasteiger partial charge in [0.1, 0.15) is 12.2 Å². The molecule has 2 N–H and O–H groups in total. The number of hydrogen-bond donors (Lipinski definition) is 2. The fourth-order valence-corrected chi connectivity index (χ4v) is 3.75. The Kier molecular flexibility index (Phi) is 6.63. The lowest BCUT2D eigenvalue weighted by molar-refractivity contribution is -0.145. The van der Waals surface area contributed by atoms with Crippen molar-refractivity contribution in [2.45, 2.75) is 32.9 Å². The second kappa shape index (κ2) is 9.36. The van der Waals surface area contributed by atoms with Crippen LogP contribution in [-0.2, 0) is 25.7 Å². The summed E-state index contributed by atoms with van der Waals surface area (Å²) in [6.07, 6.45) is -0.0356. The Morgan fingerprint density at radius 1 is 1.13 bits per heavy atom. The maximum atomic E-state index is 12.4. The van der Waals surface area contributed by atoms with E-state index in [1.54, 1.807) is 12.1 Å². The van der Waals surface area contributed by atoms with Gasteiger partial charge < -0.3 is 19.8 Å². The van der Waals surface area contributed by atoms with Crippen molar-refractivity contribution in [3.05, 3.63) is 62.6 Å². The quantitative estimate of drug-likeness (QED) is 0.441. The highest BCUT2D eigenvalue weighted by Crippen LogP contribution is 2.24. The van der Waals surface area contributed by atoms with Crippen LogP contribution >= 0.6 is 11.3 Å². The number of fused-ring (bicyclic) bond motifs is 1. The van der Waals surface area contributed by atoms with Crippen LogP contribution in [0.3, 0.4) is 0 Å². The molecule has 0 radical (unpaired) electrons. The van der Waals surface area contributed by atoms with E-state index in [1.165, 1.54) is 37.3 Å². The number of rotatable bonds is 7. The SMILES string of the molecule is CC(=O)Nc1ccc2c(COC(=O)C[C@H](NC(C)=O)c3cccs3)cc(=O)oc2c1. The summed E-state index contributed by atoms with van der Waals surface area (Å²) in [5, 5.41) is 7.81. The highest BCUT2D eigenvalue weighted by molar-refractivity contribution is 7.10. The van der Waals surface area contributed by atoms with Gasteiger partial charge in [0.15, 0.2) is 0 Å². The normalized spacial score (nSPS) is 11.7. The number of carbonyl (C=O) groups is 3. The lowest BCUT2D eigenvalue weighted by Gasteiger charge is -2.16. The van der Waals surface area contributed by atoms with Crippen molar-refractivity contribution in [1.82, 2.24) is 5.32 Å². The maximum Gasteiger partial charge on any atom is 0.336 e. The summed E-state index contributed by atoms with van der Waals surface area (Å²) < 4.78 is 10.6. The number of anilines is 1. The molecular weight excluding hydrogens is 408 g/mol. The van der Waals surface area contributed by atoms with E-state index in [0.29, 0.717) is 16.6 Å². The molecule has 0 saturated heterocycles. The van der Waals surface area contributed by atoms with Gasteiger partial charge in [-0.1, -0.05) is 6.07 Å². The van der Waals surface area contributed by atoms with Crippen LogP contribution in [0.2, 0.25) is 0 Å². The minimum atomic E-state index is -0.594. The number of esters is 1. The van der Waals surface area contributed by atoms with Gasteiger partial charge in [-0.2, -0.15) is 0 Å². The first kappa shape index (κ1) is 21.3. The van der Waals surface area contributed by atoms with Crippen LogP contribution in [0, 0.1) is 0 Å². The van der Waals surface area contributed by atoms with Gasteiger partial charge in [-0.05, 0) is 23.6 Å². The highest BCUT2D eigenvalue weighted by Gasteiger charge is 2.19. The molecule has 3 rings (SSSR count). The fourth-order valence-electron chi connectivity index (χ4n) is 2.97. The number of amides is 2. The molecule has 9 heteroatoms. The molecule has 30 heavy (non-hydrogen) atoms. The maximum absolute atomic E-state index is 12.4. The predicted octanol–water partition coefficient (Wildman–Crippen LogP) is 3.12. The zero-order chi connectivity index (χ0) is 21.7. The summed E-state index contributed by atoms with van der Waals surface area (Å²) in [4.78, 5) is 47.8. The van der Waals surface area contributed by atoms with E-state index in [4.69, 9.17) is 9.15 Å². The van der Waals surface area contributed by atoms with Crippen molar-refractivity contribution in [3.63, 3.8) is 0 Å². The molecule has 0 aliphatic rings. The topological polar surface area (TPSA) is 115 Å². The smallest absolute Gasteiger partial charge is 0.336 e. The van der Waals surface area contributed by atoms with Gasteiger partial charge in [-0.3, -0.25) is 14.4 Å². The van der Waals surface area contributed by atoms with Crippen LogP contribution in [0.4, 0.5) is 5.69 Å². The largest absolute Gasteiger partial charge is 0.461 e. The molecule has 0 bridgehead atoms. The van der Waals surface area contributed by atoms with Crippen molar-refractivity contribution >= 4 is 45.8 Å². The molecule has 2 aromatic heterocycles. The summed E-state index contributed by atoms with van der Waals surface area (Å²) in [5.74, 6) is -1.01. The molecule has 8 nitrogen and oxygen atoms in total. The van der Waals surface area contributed by atoms with E-state index >= 15 is 0 Å². The second-order valence-corrected chi connectivity index (χ2v) is 7.60. The summed E-state index contributed by atoms with van der Waals surface area (Å²) >= 11 is 1.43. The first-order valence-electron chi connectivity index (χ1n) is 9.12. The Morgan fingerprint density at radius 2 is 1.93 bits per heavy atom. The Morgan fingerprint density at radius 3 is 2.60 bits per heavy atom. The predicted molar refractivity (Wildman–Crippen MR) is 112 cm³/mol. The molecule has 0 spiro atoms. The van der Waals surface area contributed by atoms with Gasteiger partial charge in [0.05, 0.1) is 12.5 Å². The third-order valence-corrected chi connectivity index (χ3v) is 5.16. The van der Waals surface area contributed by atoms with Crippen LogP contribution in [0.25, 0.3) is 11.0 Å². The molecule has 3 aromatic rings. The molecule has 1 atom stereocenters. The first-order valence-corrected chi connectivity index (χ1v) is 10.0. The van der Waals surface area contributed by atoms with Crippen LogP contribution in [0.1, 0.15) is 36.8 Å². The number of thiophene rings is 1. The molecule has 2 amide bonds. The molecule has 2 heterocycles. The fraction of sp³-hybridized carbons (Fsp3) is 0.238. The standard InChI is InChI=1S/C21H20N2O6S/c1-12(24)22-15-5-6-16-14(8-21(27)29-18(16)9-15)11-28-20(26)10-17(23-13(2)25)19-4-3-7-30-19/h3-9,17H,10-11H2,1-2H3,(H,22,24)(H,23,25)/t17-/m0/s1. The van der Waals surface area contributed by atoms with Crippen molar-refractivity contribution in [1.29, 1.82) is 0 Å². The second-order valence-electron chi connectivity index (χ2n) is 6.62. The molecule has 0 aliphatic heterocycles. The zero-order valence-corrected chi connectivity index (χ0v) is 17.2. The molecular formula is C21H20N2O6S. The highest BCUT2D eigenvalue weighted by atomic mass is 32.1. The number of nitrogens with one attached hydrogen (secondary N) is 2. The van der Waals surface area contributed by atoms with Crippen LogP contribution < -0.4 is 16.3 Å². The number of carbonyl (C=O) groups excluding carboxylic acids is 3. The van der Waals surface area contributed by atoms with Gasteiger partial charge in [0, 0.05) is 47.5 Å². The van der Waals surface area contributed by atoms with Gasteiger partial charge in [-0.15, -0.1) is 11.3 Å². The van der Waals surface area contributed by atoms with Crippen LogP contribution in [0.5, 0.6) is 0 Å². The third kappa shape index (κ3) is 5.54. The van der Waals surface area contributed by atoms with Crippen molar-refractivity contribution in [2.24, 2.45) is 0 Å². The molecule has 0 unspecified atom stereocenters. The number of ether oxygens (including phenoxy) is 1. The van der Waals surface area contributed by atoms with E-state index in [2.05, 4.69) is 10.6 Å². The molecule has 0 fully saturated rings. The van der Waals surface area contributed by atoms with Crippen molar-refractivity contribution < 1.29 is 23.5 Å². The monoisotopic (exact) mass is 428 g/mol. The number of benzene rings is 1. The summed E-state index contributed by atoms with van der Waals surface area (Å²) in [6, 6.07) is 9.33. The van der Waals surface area contributed by atoms with Gasteiger partial charge in [-0.25, -0.2) is 4.79 Å². The minimum absolute atomic E-state index is 0.0356. The van der Waals surface area contributed by atoms with E-state index in [-0.39, 0.29) is 30.4 Å². The Balaban J connectivity index is 1.74. The Bertz CT molecular complexity index is 1140. The van der Waals surface area contributed by atoms with E-state index in [9.17, 15) is 19.2 Å². The van der Waals surface area contributed by atoms with Gasteiger partial charge in [0.2, 0.25) is 11.8 Å². The molecule has 156 valence electrons. The van der Waals surface area contributed by atoms with Gasteiger partial charge in [0.25, 0.3) is 0 Å². The van der Waals surface area contributed by atoms with E-state index < -0.39 is 17.6 Å². The van der Waals surface area contributed by atoms with Crippen molar-refractivity contribution in [3.8, 4) is 0 Å². The molecule has 0 aliphatic carbocycles. The number of hydrogen-bond acceptors (Lipinski definition) is 7. The van der Waals surface area contributed by atoms with E-state index in [1.807, 2.05) is 17.5 Å². The zero-order valence-electron chi connectivity index (χ0n) is 16.4. The summed E-state index contributed by atoms with van der Waals surface area (Å²) in [5.41, 5.74) is 0.648. The first-order chi connectivity index (χ1) is 14.3.